The first-order chi connectivity index (χ1) is 11.6. The molecule has 2 heterocycles. The van der Waals surface area contributed by atoms with Crippen LogP contribution in [0.1, 0.15) is 2.74 Å². The van der Waals surface area contributed by atoms with Crippen molar-refractivity contribution in [3.05, 3.63) is 48.0 Å². The molecule has 1 aromatic rings. The number of imidazole rings is 1. The van der Waals surface area contributed by atoms with Crippen LogP contribution in [0.5, 0.6) is 0 Å². The van der Waals surface area contributed by atoms with Crippen LogP contribution in [0.15, 0.2) is 53.0 Å². The third-order valence-corrected chi connectivity index (χ3v) is 3.03. The second-order valence-electron chi connectivity index (χ2n) is 4.60. The van der Waals surface area contributed by atoms with Gasteiger partial charge < -0.3 is 15.8 Å². The lowest BCUT2D eigenvalue weighted by Gasteiger charge is -2.22. The van der Waals surface area contributed by atoms with E-state index in [1.54, 1.807) is 23.5 Å². The lowest BCUT2D eigenvalue weighted by Crippen LogP contribution is -2.42. The Morgan fingerprint density at radius 2 is 2.45 bits per heavy atom. The summed E-state index contributed by atoms with van der Waals surface area (Å²) in [5, 5.41) is 11.4. The minimum atomic E-state index is -0.756. The molecular weight excluding hydrogens is 284 g/mol. The van der Waals surface area contributed by atoms with E-state index in [1.165, 1.54) is 6.08 Å². The largest absolute Gasteiger partial charge is 0.390 e. The summed E-state index contributed by atoms with van der Waals surface area (Å²) in [6, 6.07) is 0.0620. The number of H-pyrrole nitrogens is 1. The molecule has 1 saturated heterocycles. The van der Waals surface area contributed by atoms with Crippen LogP contribution in [0.4, 0.5) is 5.95 Å². The summed E-state index contributed by atoms with van der Waals surface area (Å²) >= 11 is 0. The van der Waals surface area contributed by atoms with Gasteiger partial charge in [-0.15, -0.1) is 0 Å². The number of hydrogen-bond acceptors (Lipinski definition) is 8. The van der Waals surface area contributed by atoms with Crippen LogP contribution >= 0.6 is 0 Å². The molecule has 116 valence electrons. The second kappa shape index (κ2) is 6.54. The molecule has 1 atom stereocenters. The van der Waals surface area contributed by atoms with E-state index < -0.39 is 6.10 Å². The van der Waals surface area contributed by atoms with Gasteiger partial charge in [0, 0.05) is 24.5 Å². The third kappa shape index (κ3) is 3.07. The number of aliphatic imine (C=N–C) groups is 1. The number of rotatable bonds is 4. The van der Waals surface area contributed by atoms with Crippen molar-refractivity contribution in [3.63, 3.8) is 0 Å². The van der Waals surface area contributed by atoms with E-state index in [-0.39, 0.29) is 25.2 Å². The maximum atomic E-state index is 9.79. The number of aliphatic hydroxyl groups excluding tert-OH is 1. The molecule has 1 fully saturated rings. The molecule has 3 rings (SSSR count). The predicted octanol–water partition coefficient (Wildman–Crippen LogP) is -1.03. The number of nitrogens with two attached hydrogens (primary N) is 1. The number of aromatic amines is 1. The molecule has 1 aliphatic heterocycles. The lowest BCUT2D eigenvalue weighted by molar-refractivity contribution is 0.117. The fourth-order valence-corrected chi connectivity index (χ4v) is 1.99. The molecule has 0 bridgehead atoms. The maximum absolute atomic E-state index is 9.79. The van der Waals surface area contributed by atoms with Crippen LogP contribution < -0.4 is 22.2 Å². The zero-order valence-corrected chi connectivity index (χ0v) is 11.7. The molecule has 1 aliphatic carbocycles. The second-order valence-corrected chi connectivity index (χ2v) is 4.60. The molecule has 9 nitrogen and oxygen atoms in total. The molecule has 0 saturated carbocycles. The number of allylic oxidation sites excluding steroid dienone is 5. The molecule has 0 radical (unpaired) electrons. The highest BCUT2D eigenvalue weighted by atomic mass is 16.3. The first kappa shape index (κ1) is 12.1. The molecule has 0 amide bonds. The Balaban J connectivity index is 2.04. The molecule has 1 aromatic heterocycles. The summed E-state index contributed by atoms with van der Waals surface area (Å²) in [5.41, 5.74) is 14.7. The Hall–Kier alpha value is -2.46. The van der Waals surface area contributed by atoms with Gasteiger partial charge in [-0.1, -0.05) is 12.1 Å². The lowest BCUT2D eigenvalue weighted by atomic mass is 10.1. The average molecular weight is 304 g/mol. The van der Waals surface area contributed by atoms with Crippen molar-refractivity contribution in [2.45, 2.75) is 6.10 Å². The van der Waals surface area contributed by atoms with Crippen molar-refractivity contribution in [2.75, 3.05) is 13.1 Å². The number of nitrogens with one attached hydrogen (secondary N) is 4. The minimum absolute atomic E-state index is 0.00282. The first-order valence-corrected chi connectivity index (χ1v) is 6.71. The summed E-state index contributed by atoms with van der Waals surface area (Å²) in [5.74, 6) is 0.855. The van der Waals surface area contributed by atoms with Gasteiger partial charge in [-0.25, -0.2) is 9.98 Å². The first-order valence-electron chi connectivity index (χ1n) is 7.71. The average Bonchev–Trinajstić information content (AvgIpc) is 3.23. The van der Waals surface area contributed by atoms with Crippen molar-refractivity contribution in [1.82, 2.24) is 31.5 Å². The SMILES string of the molecule is [2H]C1=C([2H])C(=C2NNNN2C[C@H](O)CN)C(=Nc2ncc[nH]2)C=C1. The summed E-state index contributed by atoms with van der Waals surface area (Å²) < 4.78 is 16.1. The molecule has 2 aliphatic rings. The van der Waals surface area contributed by atoms with Crippen molar-refractivity contribution >= 4 is 11.7 Å². The van der Waals surface area contributed by atoms with Gasteiger partial charge >= 0.3 is 0 Å². The Morgan fingerprint density at radius 1 is 1.55 bits per heavy atom. The van der Waals surface area contributed by atoms with E-state index in [4.69, 9.17) is 8.48 Å². The van der Waals surface area contributed by atoms with Crippen LogP contribution in [-0.2, 0) is 0 Å². The van der Waals surface area contributed by atoms with Gasteiger partial charge in [0.1, 0.15) is 5.82 Å². The highest BCUT2D eigenvalue weighted by Crippen LogP contribution is 2.18. The summed E-state index contributed by atoms with van der Waals surface area (Å²) in [7, 11) is 0. The van der Waals surface area contributed by atoms with Crippen LogP contribution in [-0.4, -0.2) is 45.0 Å². The zero-order chi connectivity index (χ0) is 17.1. The van der Waals surface area contributed by atoms with Gasteiger partial charge in [0.25, 0.3) is 0 Å². The number of nitrogens with zero attached hydrogens (tertiary/aromatic N) is 3. The smallest absolute Gasteiger partial charge is 0.227 e. The predicted molar refractivity (Wildman–Crippen MR) is 82.2 cm³/mol. The zero-order valence-electron chi connectivity index (χ0n) is 13.7. The number of aromatic nitrogens is 2. The molecule has 22 heavy (non-hydrogen) atoms. The molecule has 0 aromatic carbocycles. The van der Waals surface area contributed by atoms with Crippen LogP contribution in [0, 0.1) is 0 Å². The van der Waals surface area contributed by atoms with Crippen molar-refractivity contribution < 1.29 is 7.85 Å². The highest BCUT2D eigenvalue weighted by molar-refractivity contribution is 6.12. The molecule has 9 heteroatoms. The Bertz CT molecular complexity index is 724. The number of hydrogen-bond donors (Lipinski definition) is 6. The topological polar surface area (TPSA) is 127 Å². The van der Waals surface area contributed by atoms with Crippen LogP contribution in [0.25, 0.3) is 0 Å². The van der Waals surface area contributed by atoms with E-state index in [2.05, 4.69) is 31.5 Å². The highest BCUT2D eigenvalue weighted by Gasteiger charge is 2.23. The summed E-state index contributed by atoms with van der Waals surface area (Å²) in [6.07, 6.45) is 5.61. The van der Waals surface area contributed by atoms with Crippen molar-refractivity contribution in [3.8, 4) is 0 Å². The maximum Gasteiger partial charge on any atom is 0.227 e. The van der Waals surface area contributed by atoms with Gasteiger partial charge in [0.15, 0.2) is 0 Å². The summed E-state index contributed by atoms with van der Waals surface area (Å²) in [4.78, 5) is 11.3. The summed E-state index contributed by atoms with van der Waals surface area (Å²) in [6.45, 7) is 0.287. The van der Waals surface area contributed by atoms with E-state index in [0.717, 1.165) is 0 Å². The number of aliphatic hydroxyl groups is 1. The van der Waals surface area contributed by atoms with Crippen LogP contribution in [0.3, 0.4) is 0 Å². The van der Waals surface area contributed by atoms with E-state index in [1.807, 2.05) is 0 Å². The molecular formula is C13H18N8O. The Kier molecular flexibility index (Phi) is 3.60. The van der Waals surface area contributed by atoms with E-state index in [0.29, 0.717) is 23.1 Å². The fraction of sp³-hybridized carbons (Fsp3) is 0.231. The van der Waals surface area contributed by atoms with Gasteiger partial charge in [-0.05, 0) is 12.1 Å². The van der Waals surface area contributed by atoms with Crippen LogP contribution in [0.2, 0.25) is 0 Å². The molecule has 7 N–H and O–H groups in total. The monoisotopic (exact) mass is 304 g/mol. The van der Waals surface area contributed by atoms with E-state index >= 15 is 0 Å². The Labute approximate surface area is 130 Å². The standard InChI is InChI=1S/C13H18N8O/c14-7-9(22)8-21-12(18-19-20-21)10-3-1-2-4-11(10)17-13-15-5-6-16-13/h1-6,9,18-20,22H,7-8,14H2,(H,15,16)/t9-/m1/s1/i1D,3D. The van der Waals surface area contributed by atoms with Gasteiger partial charge in [0.2, 0.25) is 5.95 Å². The number of β-amino-alcohol motifs (C(OH)–C–C–N with tert-alkyl or cyclic N) is 1. The molecule has 0 spiro atoms. The Morgan fingerprint density at radius 3 is 3.23 bits per heavy atom. The minimum Gasteiger partial charge on any atom is -0.390 e. The number of hydrazine groups is 3. The van der Waals surface area contributed by atoms with E-state index in [9.17, 15) is 5.11 Å². The van der Waals surface area contributed by atoms with Crippen molar-refractivity contribution in [2.24, 2.45) is 10.7 Å². The van der Waals surface area contributed by atoms with Gasteiger partial charge in [-0.2, -0.15) is 11.1 Å². The fourth-order valence-electron chi connectivity index (χ4n) is 1.99. The normalized spacial score (nSPS) is 26.3. The van der Waals surface area contributed by atoms with Gasteiger partial charge in [-0.3, -0.25) is 10.4 Å². The molecule has 0 unspecified atom stereocenters. The van der Waals surface area contributed by atoms with Gasteiger partial charge in [0.05, 0.1) is 21.1 Å². The third-order valence-electron chi connectivity index (χ3n) is 3.03. The van der Waals surface area contributed by atoms with Crippen molar-refractivity contribution in [1.29, 1.82) is 0 Å². The quantitative estimate of drug-likeness (QED) is 0.420.